The minimum atomic E-state index is -0.993. The van der Waals surface area contributed by atoms with Gasteiger partial charge in [0.05, 0.1) is 5.56 Å². The number of carbonyl (C=O) groups excluding carboxylic acids is 3. The van der Waals surface area contributed by atoms with Crippen LogP contribution in [0.1, 0.15) is 23.2 Å². The summed E-state index contributed by atoms with van der Waals surface area (Å²) in [5.74, 6) is -0.437. The number of piperazine rings is 1. The summed E-state index contributed by atoms with van der Waals surface area (Å²) < 4.78 is 0.758. The van der Waals surface area contributed by atoms with Crippen LogP contribution < -0.4 is 5.32 Å². The van der Waals surface area contributed by atoms with Gasteiger partial charge in [0.25, 0.3) is 5.91 Å². The zero-order valence-electron chi connectivity index (χ0n) is 19.2. The van der Waals surface area contributed by atoms with E-state index >= 15 is 0 Å². The van der Waals surface area contributed by atoms with Crippen LogP contribution in [-0.2, 0) is 9.59 Å². The highest BCUT2D eigenvalue weighted by molar-refractivity contribution is 9.10. The van der Waals surface area contributed by atoms with Crippen molar-refractivity contribution in [2.45, 2.75) is 12.8 Å². The summed E-state index contributed by atoms with van der Waals surface area (Å²) in [5, 5.41) is 2.94. The summed E-state index contributed by atoms with van der Waals surface area (Å²) >= 11 is 3.44. The second-order valence-corrected chi connectivity index (χ2v) is 9.90. The first-order valence-corrected chi connectivity index (χ1v) is 12.6. The topological polar surface area (TPSA) is 69.7 Å². The zero-order chi connectivity index (χ0) is 24.4. The third-order valence-corrected chi connectivity index (χ3v) is 7.49. The Balaban J connectivity index is 1.19. The molecule has 2 fully saturated rings. The van der Waals surface area contributed by atoms with E-state index in [0.29, 0.717) is 50.3 Å². The molecular weight excluding hydrogens is 506 g/mol. The van der Waals surface area contributed by atoms with E-state index in [4.69, 9.17) is 0 Å². The van der Waals surface area contributed by atoms with Crippen molar-refractivity contribution in [1.29, 1.82) is 0 Å². The summed E-state index contributed by atoms with van der Waals surface area (Å²) in [4.78, 5) is 42.8. The van der Waals surface area contributed by atoms with Gasteiger partial charge in [0.1, 0.15) is 5.41 Å². The molecule has 0 unspecified atom stereocenters. The van der Waals surface area contributed by atoms with Crippen LogP contribution in [0.3, 0.4) is 0 Å². The summed E-state index contributed by atoms with van der Waals surface area (Å²) in [7, 11) is 0. The maximum Gasteiger partial charge on any atom is 0.255 e. The van der Waals surface area contributed by atoms with Gasteiger partial charge in [-0.15, -0.1) is 0 Å². The van der Waals surface area contributed by atoms with Gasteiger partial charge in [-0.3, -0.25) is 14.4 Å². The van der Waals surface area contributed by atoms with E-state index in [9.17, 15) is 14.4 Å². The number of carbonyl (C=O) groups is 3. The standard InChI is InChI=1S/C28H26BrN3O3/c29-24-9-5-4-8-23(24)25(33)31-16-18-32(19-17-31)27(35)28(14-15-28)26(34)30-22-12-10-21(11-13-22)20-6-2-1-3-7-20/h1-13H,14-19H2,(H,30,34). The van der Waals surface area contributed by atoms with Crippen LogP contribution in [0.4, 0.5) is 5.69 Å². The fraction of sp³-hybridized carbons (Fsp3) is 0.250. The number of benzene rings is 3. The Morgan fingerprint density at radius 3 is 1.91 bits per heavy atom. The van der Waals surface area contributed by atoms with Gasteiger partial charge >= 0.3 is 0 Å². The summed E-state index contributed by atoms with van der Waals surface area (Å²) in [6.07, 6.45) is 1.10. The van der Waals surface area contributed by atoms with Crippen LogP contribution in [0.15, 0.2) is 83.3 Å². The normalized spacial score (nSPS) is 16.5. The Kier molecular flexibility index (Phi) is 6.43. The molecule has 0 atom stereocenters. The van der Waals surface area contributed by atoms with Crippen molar-refractivity contribution in [2.75, 3.05) is 31.5 Å². The van der Waals surface area contributed by atoms with Gasteiger partial charge in [0.15, 0.2) is 0 Å². The molecule has 7 heteroatoms. The van der Waals surface area contributed by atoms with Gasteiger partial charge in [-0.25, -0.2) is 0 Å². The third-order valence-electron chi connectivity index (χ3n) is 6.80. The van der Waals surface area contributed by atoms with Gasteiger partial charge < -0.3 is 15.1 Å². The van der Waals surface area contributed by atoms with E-state index in [1.54, 1.807) is 15.9 Å². The Morgan fingerprint density at radius 2 is 1.29 bits per heavy atom. The number of hydrogen-bond donors (Lipinski definition) is 1. The fourth-order valence-corrected chi connectivity index (χ4v) is 4.97. The van der Waals surface area contributed by atoms with Gasteiger partial charge in [0.2, 0.25) is 11.8 Å². The van der Waals surface area contributed by atoms with E-state index in [2.05, 4.69) is 21.2 Å². The molecule has 1 N–H and O–H groups in total. The second kappa shape index (κ2) is 9.66. The highest BCUT2D eigenvalue weighted by Crippen LogP contribution is 2.48. The molecule has 178 valence electrons. The average molecular weight is 532 g/mol. The van der Waals surface area contributed by atoms with Crippen molar-refractivity contribution in [3.8, 4) is 11.1 Å². The van der Waals surface area contributed by atoms with E-state index in [0.717, 1.165) is 15.6 Å². The van der Waals surface area contributed by atoms with Crippen LogP contribution in [0.5, 0.6) is 0 Å². The Bertz CT molecular complexity index is 1250. The molecule has 6 nitrogen and oxygen atoms in total. The lowest BCUT2D eigenvalue weighted by Gasteiger charge is -2.36. The molecule has 0 spiro atoms. The fourth-order valence-electron chi connectivity index (χ4n) is 4.51. The lowest BCUT2D eigenvalue weighted by atomic mass is 10.0. The lowest BCUT2D eigenvalue weighted by Crippen LogP contribution is -2.53. The number of hydrogen-bond acceptors (Lipinski definition) is 3. The molecule has 1 saturated heterocycles. The molecule has 5 rings (SSSR count). The largest absolute Gasteiger partial charge is 0.338 e. The Morgan fingerprint density at radius 1 is 0.714 bits per heavy atom. The van der Waals surface area contributed by atoms with Crippen LogP contribution in [0.25, 0.3) is 11.1 Å². The molecule has 3 aromatic rings. The molecule has 1 saturated carbocycles. The van der Waals surface area contributed by atoms with Gasteiger partial charge in [-0.05, 0) is 64.2 Å². The molecule has 1 heterocycles. The minimum Gasteiger partial charge on any atom is -0.338 e. The van der Waals surface area contributed by atoms with Crippen molar-refractivity contribution in [2.24, 2.45) is 5.41 Å². The van der Waals surface area contributed by atoms with E-state index in [1.807, 2.05) is 72.8 Å². The van der Waals surface area contributed by atoms with Crippen molar-refractivity contribution < 1.29 is 14.4 Å². The minimum absolute atomic E-state index is 0.0533. The van der Waals surface area contributed by atoms with Crippen molar-refractivity contribution in [1.82, 2.24) is 9.80 Å². The van der Waals surface area contributed by atoms with Crippen LogP contribution in [-0.4, -0.2) is 53.7 Å². The molecular formula is C28H26BrN3O3. The maximum atomic E-state index is 13.3. The van der Waals surface area contributed by atoms with Gasteiger partial charge in [0, 0.05) is 36.3 Å². The molecule has 3 amide bonds. The quantitative estimate of drug-likeness (QED) is 0.480. The molecule has 1 aliphatic carbocycles. The second-order valence-electron chi connectivity index (χ2n) is 9.04. The van der Waals surface area contributed by atoms with Gasteiger partial charge in [-0.1, -0.05) is 54.6 Å². The number of halogens is 1. The first-order valence-electron chi connectivity index (χ1n) is 11.8. The number of nitrogens with zero attached hydrogens (tertiary/aromatic N) is 2. The molecule has 0 bridgehead atoms. The predicted octanol–water partition coefficient (Wildman–Crippen LogP) is 4.82. The number of amides is 3. The zero-order valence-corrected chi connectivity index (χ0v) is 20.8. The highest BCUT2D eigenvalue weighted by atomic mass is 79.9. The number of anilines is 1. The SMILES string of the molecule is O=C(c1ccccc1Br)N1CCN(C(=O)C2(C(=O)Nc3ccc(-c4ccccc4)cc3)CC2)CC1. The summed E-state index contributed by atoms with van der Waals surface area (Å²) in [6, 6.07) is 25.0. The molecule has 3 aromatic carbocycles. The van der Waals surface area contributed by atoms with E-state index in [1.165, 1.54) is 0 Å². The van der Waals surface area contributed by atoms with E-state index in [-0.39, 0.29) is 17.7 Å². The van der Waals surface area contributed by atoms with E-state index < -0.39 is 5.41 Å². The third kappa shape index (κ3) is 4.73. The molecule has 2 aliphatic rings. The van der Waals surface area contributed by atoms with Crippen LogP contribution in [0, 0.1) is 5.41 Å². The molecule has 0 radical (unpaired) electrons. The average Bonchev–Trinajstić information content (AvgIpc) is 3.72. The van der Waals surface area contributed by atoms with Crippen molar-refractivity contribution in [3.63, 3.8) is 0 Å². The molecule has 1 aliphatic heterocycles. The smallest absolute Gasteiger partial charge is 0.255 e. The molecule has 0 aromatic heterocycles. The predicted molar refractivity (Wildman–Crippen MR) is 139 cm³/mol. The lowest BCUT2D eigenvalue weighted by molar-refractivity contribution is -0.143. The summed E-state index contributed by atoms with van der Waals surface area (Å²) in [6.45, 7) is 1.75. The number of rotatable bonds is 5. The van der Waals surface area contributed by atoms with Crippen LogP contribution in [0.2, 0.25) is 0 Å². The first-order chi connectivity index (χ1) is 17.0. The highest BCUT2D eigenvalue weighted by Gasteiger charge is 2.58. The van der Waals surface area contributed by atoms with Crippen LogP contribution >= 0.6 is 15.9 Å². The Hall–Kier alpha value is -3.45. The Labute approximate surface area is 213 Å². The first kappa shape index (κ1) is 23.3. The van der Waals surface area contributed by atoms with Crippen molar-refractivity contribution in [3.05, 3.63) is 88.9 Å². The monoisotopic (exact) mass is 531 g/mol. The summed E-state index contributed by atoms with van der Waals surface area (Å²) in [5.41, 5.74) is 2.47. The van der Waals surface area contributed by atoms with Crippen molar-refractivity contribution >= 4 is 39.3 Å². The maximum absolute atomic E-state index is 13.3. The number of nitrogens with one attached hydrogen (secondary N) is 1. The van der Waals surface area contributed by atoms with Gasteiger partial charge in [-0.2, -0.15) is 0 Å². The molecule has 35 heavy (non-hydrogen) atoms.